The fourth-order valence-electron chi connectivity index (χ4n) is 2.37. The summed E-state index contributed by atoms with van der Waals surface area (Å²) in [4.78, 5) is 0.0961. The summed E-state index contributed by atoms with van der Waals surface area (Å²) in [7, 11) is -3.92. The molecule has 0 aliphatic heterocycles. The first-order chi connectivity index (χ1) is 12.3. The molecule has 1 aromatic heterocycles. The lowest BCUT2D eigenvalue weighted by Crippen LogP contribution is -2.13. The number of nitriles is 1. The Morgan fingerprint density at radius 2 is 2.12 bits per heavy atom. The summed E-state index contributed by atoms with van der Waals surface area (Å²) in [5, 5.41) is 11.1. The summed E-state index contributed by atoms with van der Waals surface area (Å²) in [6.45, 7) is 1.31. The minimum atomic E-state index is -3.92. The minimum Gasteiger partial charge on any atom is -0.476 e. The van der Waals surface area contributed by atoms with Gasteiger partial charge in [0.05, 0.1) is 5.69 Å². The molecule has 0 aliphatic rings. The molecule has 0 atom stereocenters. The molecular formula is C17H12ClFN2O3S2. The lowest BCUT2D eigenvalue weighted by Gasteiger charge is -2.12. The van der Waals surface area contributed by atoms with E-state index in [1.165, 1.54) is 22.8 Å². The minimum absolute atomic E-state index is 0.0961. The largest absolute Gasteiger partial charge is 0.476 e. The summed E-state index contributed by atoms with van der Waals surface area (Å²) in [5.41, 5.74) is 0.561. The van der Waals surface area contributed by atoms with Crippen molar-refractivity contribution in [1.29, 1.82) is 5.26 Å². The average molecular weight is 411 g/mol. The van der Waals surface area contributed by atoms with Crippen LogP contribution in [0.15, 0.2) is 40.6 Å². The zero-order valence-electron chi connectivity index (χ0n) is 13.4. The number of thiophene rings is 1. The number of aryl methyl sites for hydroxylation is 1. The lowest BCUT2D eigenvalue weighted by molar-refractivity contribution is 0.346. The Labute approximate surface area is 158 Å². The Bertz CT molecular complexity index is 1140. The molecule has 0 unspecified atom stereocenters. The molecule has 0 saturated heterocycles. The number of ether oxygens (including phenoxy) is 1. The van der Waals surface area contributed by atoms with Gasteiger partial charge in [0.2, 0.25) is 0 Å². The summed E-state index contributed by atoms with van der Waals surface area (Å²) in [6.07, 6.45) is 0. The Kier molecular flexibility index (Phi) is 5.05. The van der Waals surface area contributed by atoms with Crippen LogP contribution in [-0.4, -0.2) is 15.0 Å². The standard InChI is InChI=1S/C17H12ClFN2O3S2/c1-10-6-15(24-5-4-20)13(19)8-14(10)21-26(22,23)17-9-25-16-7-11(18)2-3-12(16)17/h2-3,6-9,21H,5H2,1H3. The van der Waals surface area contributed by atoms with Crippen LogP contribution in [0.25, 0.3) is 10.1 Å². The van der Waals surface area contributed by atoms with Crippen molar-refractivity contribution in [3.05, 3.63) is 52.1 Å². The fraction of sp³-hybridized carbons (Fsp3) is 0.118. The van der Waals surface area contributed by atoms with E-state index in [2.05, 4.69) is 4.72 Å². The number of fused-ring (bicyclic) bond motifs is 1. The third kappa shape index (κ3) is 3.60. The molecule has 3 rings (SSSR count). The zero-order valence-corrected chi connectivity index (χ0v) is 15.8. The summed E-state index contributed by atoms with van der Waals surface area (Å²) in [5.74, 6) is -0.867. The number of rotatable bonds is 5. The SMILES string of the molecule is Cc1cc(OCC#N)c(F)cc1NS(=O)(=O)c1csc2cc(Cl)ccc12. The molecule has 0 saturated carbocycles. The monoisotopic (exact) mass is 410 g/mol. The van der Waals surface area contributed by atoms with E-state index < -0.39 is 15.8 Å². The van der Waals surface area contributed by atoms with Crippen molar-refractivity contribution in [2.75, 3.05) is 11.3 Å². The fourth-order valence-corrected chi connectivity index (χ4v) is 5.27. The Balaban J connectivity index is 1.97. The third-order valence-electron chi connectivity index (χ3n) is 3.61. The maximum absolute atomic E-state index is 14.1. The molecule has 9 heteroatoms. The number of nitrogens with zero attached hydrogens (tertiary/aromatic N) is 1. The zero-order chi connectivity index (χ0) is 18.9. The Morgan fingerprint density at radius 3 is 2.85 bits per heavy atom. The molecule has 0 aliphatic carbocycles. The molecule has 5 nitrogen and oxygen atoms in total. The van der Waals surface area contributed by atoms with Crippen molar-refractivity contribution < 1.29 is 17.5 Å². The first kappa shape index (κ1) is 18.5. The smallest absolute Gasteiger partial charge is 0.263 e. The maximum atomic E-state index is 14.1. The van der Waals surface area contributed by atoms with E-state index in [0.717, 1.165) is 10.8 Å². The van der Waals surface area contributed by atoms with Gasteiger partial charge in [0.1, 0.15) is 11.0 Å². The number of sulfonamides is 1. The van der Waals surface area contributed by atoms with E-state index in [-0.39, 0.29) is 22.9 Å². The van der Waals surface area contributed by atoms with Gasteiger partial charge in [-0.25, -0.2) is 12.8 Å². The highest BCUT2D eigenvalue weighted by atomic mass is 35.5. The predicted molar refractivity (Wildman–Crippen MR) is 99.9 cm³/mol. The van der Waals surface area contributed by atoms with Gasteiger partial charge in [0.25, 0.3) is 10.0 Å². The van der Waals surface area contributed by atoms with Crippen LogP contribution in [-0.2, 0) is 10.0 Å². The molecule has 0 fully saturated rings. The van der Waals surface area contributed by atoms with Gasteiger partial charge in [-0.05, 0) is 30.7 Å². The molecule has 0 bridgehead atoms. The van der Waals surface area contributed by atoms with Crippen molar-refractivity contribution in [2.45, 2.75) is 11.8 Å². The Morgan fingerprint density at radius 1 is 1.35 bits per heavy atom. The predicted octanol–water partition coefficient (Wildman–Crippen LogP) is 4.71. The van der Waals surface area contributed by atoms with Crippen LogP contribution in [0.2, 0.25) is 5.02 Å². The average Bonchev–Trinajstić information content (AvgIpc) is 3.00. The van der Waals surface area contributed by atoms with Crippen molar-refractivity contribution in [2.24, 2.45) is 0 Å². The van der Waals surface area contributed by atoms with Gasteiger partial charge in [0.15, 0.2) is 18.2 Å². The highest BCUT2D eigenvalue weighted by Crippen LogP contribution is 2.33. The van der Waals surface area contributed by atoms with Crippen LogP contribution in [0, 0.1) is 24.1 Å². The van der Waals surface area contributed by atoms with Crippen molar-refractivity contribution in [1.82, 2.24) is 0 Å². The highest BCUT2D eigenvalue weighted by Gasteiger charge is 2.21. The normalized spacial score (nSPS) is 11.3. The first-order valence-electron chi connectivity index (χ1n) is 7.31. The molecule has 3 aromatic rings. The van der Waals surface area contributed by atoms with E-state index in [9.17, 15) is 12.8 Å². The quantitative estimate of drug-likeness (QED) is 0.660. The molecule has 2 aromatic carbocycles. The first-order valence-corrected chi connectivity index (χ1v) is 10.1. The number of hydrogen-bond donors (Lipinski definition) is 1. The van der Waals surface area contributed by atoms with E-state index in [1.54, 1.807) is 31.2 Å². The van der Waals surface area contributed by atoms with Crippen LogP contribution >= 0.6 is 22.9 Å². The molecule has 1 N–H and O–H groups in total. The van der Waals surface area contributed by atoms with E-state index in [0.29, 0.717) is 16.0 Å². The molecule has 1 heterocycles. The molecule has 26 heavy (non-hydrogen) atoms. The second-order valence-electron chi connectivity index (χ2n) is 5.39. The summed E-state index contributed by atoms with van der Waals surface area (Å²) < 4.78 is 47.7. The van der Waals surface area contributed by atoms with Gasteiger partial charge >= 0.3 is 0 Å². The van der Waals surface area contributed by atoms with Crippen molar-refractivity contribution >= 4 is 48.7 Å². The highest BCUT2D eigenvalue weighted by molar-refractivity contribution is 7.93. The van der Waals surface area contributed by atoms with Crippen LogP contribution in [0.5, 0.6) is 5.75 Å². The topological polar surface area (TPSA) is 79.2 Å². The molecular weight excluding hydrogens is 399 g/mol. The molecule has 0 amide bonds. The third-order valence-corrected chi connectivity index (χ3v) is 6.34. The van der Waals surface area contributed by atoms with Gasteiger partial charge in [-0.1, -0.05) is 17.7 Å². The van der Waals surface area contributed by atoms with Gasteiger partial charge in [-0.3, -0.25) is 4.72 Å². The molecule has 0 radical (unpaired) electrons. The second-order valence-corrected chi connectivity index (χ2v) is 8.39. The van der Waals surface area contributed by atoms with Gasteiger partial charge in [-0.2, -0.15) is 5.26 Å². The number of benzene rings is 2. The van der Waals surface area contributed by atoms with E-state index >= 15 is 0 Å². The van der Waals surface area contributed by atoms with Crippen LogP contribution in [0.4, 0.5) is 10.1 Å². The Hall–Kier alpha value is -2.34. The molecule has 134 valence electrons. The summed E-state index contributed by atoms with van der Waals surface area (Å²) in [6, 6.07) is 9.06. The number of hydrogen-bond acceptors (Lipinski definition) is 5. The maximum Gasteiger partial charge on any atom is 0.263 e. The van der Waals surface area contributed by atoms with Crippen molar-refractivity contribution in [3.63, 3.8) is 0 Å². The number of anilines is 1. The number of halogens is 2. The van der Waals surface area contributed by atoms with Gasteiger partial charge in [-0.15, -0.1) is 11.3 Å². The van der Waals surface area contributed by atoms with Gasteiger partial charge < -0.3 is 4.74 Å². The van der Waals surface area contributed by atoms with E-state index in [1.807, 2.05) is 0 Å². The number of nitrogens with one attached hydrogen (secondary N) is 1. The lowest BCUT2D eigenvalue weighted by atomic mass is 10.2. The van der Waals surface area contributed by atoms with Crippen LogP contribution in [0.1, 0.15) is 5.56 Å². The van der Waals surface area contributed by atoms with Crippen LogP contribution < -0.4 is 9.46 Å². The summed E-state index contributed by atoms with van der Waals surface area (Å²) >= 11 is 7.19. The van der Waals surface area contributed by atoms with E-state index in [4.69, 9.17) is 21.6 Å². The molecule has 0 spiro atoms. The van der Waals surface area contributed by atoms with Crippen molar-refractivity contribution in [3.8, 4) is 11.8 Å². The van der Waals surface area contributed by atoms with Crippen LogP contribution in [0.3, 0.4) is 0 Å². The second kappa shape index (κ2) is 7.11. The van der Waals surface area contributed by atoms with Gasteiger partial charge in [0, 0.05) is 26.6 Å².